The Morgan fingerprint density at radius 3 is 2.53 bits per heavy atom. The van der Waals surface area contributed by atoms with Gasteiger partial charge in [0, 0.05) is 6.92 Å². The molecule has 10 nitrogen and oxygen atoms in total. The summed E-state index contributed by atoms with van der Waals surface area (Å²) in [6, 6.07) is 0. The second kappa shape index (κ2) is 8.10. The van der Waals surface area contributed by atoms with E-state index in [-0.39, 0.29) is 13.2 Å². The molecule has 0 heterocycles. The maximum atomic E-state index is 10.9. The number of rotatable bonds is 8. The molecule has 1 atom stereocenters. The van der Waals surface area contributed by atoms with E-state index in [1.165, 1.54) is 6.92 Å². The van der Waals surface area contributed by atoms with Crippen molar-refractivity contribution in [3.8, 4) is 0 Å². The lowest BCUT2D eigenvalue weighted by atomic mass is 10.6. The van der Waals surface area contributed by atoms with Gasteiger partial charge in [0.05, 0.1) is 6.61 Å². The summed E-state index contributed by atoms with van der Waals surface area (Å²) < 4.78 is 13.2. The molecule has 0 aliphatic heterocycles. The van der Waals surface area contributed by atoms with Crippen LogP contribution in [-0.4, -0.2) is 48.4 Å². The minimum Gasteiger partial charge on any atom is -0.450 e. The monoisotopic (exact) mass is 253 g/mol. The Morgan fingerprint density at radius 2 is 2.00 bits per heavy atom. The maximum Gasteiger partial charge on any atom is 0.508 e. The van der Waals surface area contributed by atoms with Gasteiger partial charge in [0.15, 0.2) is 0 Å². The highest BCUT2D eigenvalue weighted by atomic mass is 17.0. The Kier molecular flexibility index (Phi) is 7.10. The van der Waals surface area contributed by atoms with Crippen LogP contribution >= 0.6 is 0 Å². The average molecular weight is 253 g/mol. The number of carbonyl (C=O) groups is 2. The fourth-order valence-electron chi connectivity index (χ4n) is 0.711. The molecule has 1 unspecified atom stereocenters. The van der Waals surface area contributed by atoms with Crippen molar-refractivity contribution in [1.29, 1.82) is 0 Å². The molecule has 0 amide bonds. The van der Waals surface area contributed by atoms with Crippen molar-refractivity contribution in [3.63, 3.8) is 0 Å². The average Bonchev–Trinajstić information content (AvgIpc) is 2.14. The van der Waals surface area contributed by atoms with E-state index in [2.05, 4.69) is 19.0 Å². The van der Waals surface area contributed by atoms with Crippen LogP contribution < -0.4 is 0 Å². The predicted molar refractivity (Wildman–Crippen MR) is 48.4 cm³/mol. The van der Waals surface area contributed by atoms with Crippen molar-refractivity contribution in [2.75, 3.05) is 19.8 Å². The number of nitrogens with zero attached hydrogens (tertiary/aromatic N) is 1. The highest BCUT2D eigenvalue weighted by Gasteiger charge is 2.12. The third-order valence-electron chi connectivity index (χ3n) is 1.21. The molecule has 17 heavy (non-hydrogen) atoms. The van der Waals surface area contributed by atoms with Gasteiger partial charge in [-0.25, -0.2) is 9.59 Å². The van der Waals surface area contributed by atoms with Crippen LogP contribution in [0.4, 0.5) is 4.79 Å². The molecule has 0 spiro atoms. The van der Waals surface area contributed by atoms with Crippen LogP contribution in [-0.2, 0) is 23.8 Å². The van der Waals surface area contributed by atoms with Crippen molar-refractivity contribution >= 4 is 12.1 Å². The van der Waals surface area contributed by atoms with Crippen LogP contribution in [0.5, 0.6) is 0 Å². The predicted octanol–water partition coefficient (Wildman–Crippen LogP) is -0.205. The number of carbonyl (C=O) groups excluding carboxylic acids is 1. The molecular weight excluding hydrogens is 242 g/mol. The summed E-state index contributed by atoms with van der Waals surface area (Å²) in [6.07, 6.45) is -2.83. The highest BCUT2D eigenvalue weighted by Crippen LogP contribution is 1.95. The van der Waals surface area contributed by atoms with E-state index in [9.17, 15) is 19.7 Å². The molecule has 0 aliphatic rings. The number of esters is 1. The van der Waals surface area contributed by atoms with Gasteiger partial charge in [-0.1, -0.05) is 0 Å². The van der Waals surface area contributed by atoms with Crippen LogP contribution in [0.1, 0.15) is 6.92 Å². The lowest BCUT2D eigenvalue weighted by Crippen LogP contribution is -2.24. The van der Waals surface area contributed by atoms with Crippen molar-refractivity contribution < 1.29 is 38.8 Å². The quantitative estimate of drug-likeness (QED) is 0.205. The summed E-state index contributed by atoms with van der Waals surface area (Å²) >= 11 is 0. The minimum absolute atomic E-state index is 0.176. The molecule has 0 rings (SSSR count). The van der Waals surface area contributed by atoms with Gasteiger partial charge in [-0.2, -0.15) is 0 Å². The lowest BCUT2D eigenvalue weighted by molar-refractivity contribution is -0.758. The van der Waals surface area contributed by atoms with E-state index in [1.807, 2.05) is 0 Å². The summed E-state index contributed by atoms with van der Waals surface area (Å²) in [7, 11) is 0. The van der Waals surface area contributed by atoms with Gasteiger partial charge in [-0.3, -0.25) is 0 Å². The first-order valence-corrected chi connectivity index (χ1v) is 4.36. The fourth-order valence-corrected chi connectivity index (χ4v) is 0.711. The molecule has 1 N–H and O–H groups in total. The van der Waals surface area contributed by atoms with Crippen LogP contribution in [0, 0.1) is 10.1 Å². The van der Waals surface area contributed by atoms with E-state index >= 15 is 0 Å². The zero-order valence-electron chi connectivity index (χ0n) is 8.86. The molecule has 0 aromatic carbocycles. The summed E-state index contributed by atoms with van der Waals surface area (Å²) in [5.41, 5.74) is 0. The third kappa shape index (κ3) is 10.2. The molecule has 0 aliphatic carbocycles. The molecule has 0 saturated heterocycles. The number of carboxylic acid groups (broad SMARTS) is 1. The SMILES string of the molecule is CC(OC(=O)O)OC(=O)COCCO[N+](=O)[O-]. The molecular formula is C7H11NO9. The van der Waals surface area contributed by atoms with Gasteiger partial charge < -0.3 is 24.2 Å². The smallest absolute Gasteiger partial charge is 0.450 e. The Balaban J connectivity index is 3.52. The van der Waals surface area contributed by atoms with Gasteiger partial charge in [-0.15, -0.1) is 10.1 Å². The van der Waals surface area contributed by atoms with E-state index < -0.39 is 30.1 Å². The van der Waals surface area contributed by atoms with Crippen LogP contribution in [0.25, 0.3) is 0 Å². The fraction of sp³-hybridized carbons (Fsp3) is 0.714. The van der Waals surface area contributed by atoms with Crippen molar-refractivity contribution in [1.82, 2.24) is 0 Å². The Hall–Kier alpha value is -2.10. The summed E-state index contributed by atoms with van der Waals surface area (Å²) in [5.74, 6) is -0.861. The zero-order chi connectivity index (χ0) is 13.3. The van der Waals surface area contributed by atoms with Crippen molar-refractivity contribution in [2.24, 2.45) is 0 Å². The van der Waals surface area contributed by atoms with E-state index in [1.54, 1.807) is 0 Å². The number of hydrogen-bond acceptors (Lipinski definition) is 8. The number of hydrogen-bond donors (Lipinski definition) is 1. The molecule has 0 fully saturated rings. The minimum atomic E-state index is -1.58. The standard InChI is InChI=1S/C7H11NO9/c1-5(17-7(10)11)16-6(9)4-14-2-3-15-8(12)13/h5H,2-4H2,1H3,(H,10,11). The highest BCUT2D eigenvalue weighted by molar-refractivity contribution is 5.71. The first-order chi connectivity index (χ1) is 7.91. The van der Waals surface area contributed by atoms with E-state index in [4.69, 9.17) is 5.11 Å². The topological polar surface area (TPSA) is 134 Å². The van der Waals surface area contributed by atoms with Gasteiger partial charge in [0.25, 0.3) is 5.09 Å². The molecule has 10 heteroatoms. The first-order valence-electron chi connectivity index (χ1n) is 4.36. The molecule has 98 valence electrons. The Morgan fingerprint density at radius 1 is 1.35 bits per heavy atom. The largest absolute Gasteiger partial charge is 0.508 e. The molecule has 0 bridgehead atoms. The van der Waals surface area contributed by atoms with Gasteiger partial charge in [-0.05, 0) is 0 Å². The van der Waals surface area contributed by atoms with Crippen LogP contribution in [0.3, 0.4) is 0 Å². The first kappa shape index (κ1) is 14.9. The molecule has 0 saturated carbocycles. The van der Waals surface area contributed by atoms with Gasteiger partial charge >= 0.3 is 12.1 Å². The second-order valence-electron chi connectivity index (χ2n) is 2.55. The summed E-state index contributed by atoms with van der Waals surface area (Å²) in [6.45, 7) is 0.224. The lowest BCUT2D eigenvalue weighted by Gasteiger charge is -2.11. The summed E-state index contributed by atoms with van der Waals surface area (Å²) in [4.78, 5) is 34.6. The molecule has 0 aromatic heterocycles. The van der Waals surface area contributed by atoms with Gasteiger partial charge in [0.1, 0.15) is 13.2 Å². The summed E-state index contributed by atoms with van der Waals surface area (Å²) in [5, 5.41) is 16.9. The van der Waals surface area contributed by atoms with Crippen molar-refractivity contribution in [3.05, 3.63) is 10.1 Å². The van der Waals surface area contributed by atoms with E-state index in [0.717, 1.165) is 0 Å². The molecule has 0 radical (unpaired) electrons. The maximum absolute atomic E-state index is 10.9. The Labute approximate surface area is 95.1 Å². The van der Waals surface area contributed by atoms with E-state index in [0.29, 0.717) is 0 Å². The van der Waals surface area contributed by atoms with Crippen molar-refractivity contribution in [2.45, 2.75) is 13.2 Å². The number of ether oxygens (including phenoxy) is 3. The van der Waals surface area contributed by atoms with Crippen LogP contribution in [0.15, 0.2) is 0 Å². The second-order valence-corrected chi connectivity index (χ2v) is 2.55. The third-order valence-corrected chi connectivity index (χ3v) is 1.21. The van der Waals surface area contributed by atoms with Gasteiger partial charge in [0.2, 0.25) is 6.29 Å². The zero-order valence-corrected chi connectivity index (χ0v) is 8.86. The molecule has 0 aromatic rings. The normalized spacial score (nSPS) is 11.4. The van der Waals surface area contributed by atoms with Crippen LogP contribution in [0.2, 0.25) is 0 Å². The Bertz CT molecular complexity index is 279.